The smallest absolute Gasteiger partial charge is 0.421 e. The number of aromatic nitrogens is 2. The number of amides is 2. The number of rotatable bonds is 3. The molecule has 0 saturated heterocycles. The van der Waals surface area contributed by atoms with Gasteiger partial charge in [0.15, 0.2) is 5.82 Å². The number of nitrogens with zero attached hydrogens (tertiary/aromatic N) is 2. The average Bonchev–Trinajstić information content (AvgIpc) is 2.46. The zero-order valence-electron chi connectivity index (χ0n) is 11.8. The fraction of sp³-hybridized carbons (Fsp3) is 0.154. The quantitative estimate of drug-likeness (QED) is 0.695. The van der Waals surface area contributed by atoms with Crippen molar-refractivity contribution in [2.75, 3.05) is 17.7 Å². The molecule has 2 rings (SSSR count). The lowest BCUT2D eigenvalue weighted by atomic mass is 10.3. The Labute approximate surface area is 128 Å². The lowest BCUT2D eigenvalue weighted by Gasteiger charge is -2.14. The number of phenolic OH excluding ortho intramolecular Hbond substituents is 1. The van der Waals surface area contributed by atoms with E-state index in [2.05, 4.69) is 20.6 Å². The number of hydrogen-bond donors (Lipinski definition) is 4. The Hall–Kier alpha value is -3.04. The molecule has 0 saturated carbocycles. The molecule has 2 aromatic rings. The summed E-state index contributed by atoms with van der Waals surface area (Å²) in [5.74, 6) is -0.893. The minimum Gasteiger partial charge on any atom is -0.508 e. The monoisotopic (exact) mass is 327 g/mol. The molecule has 4 N–H and O–H groups in total. The highest BCUT2D eigenvalue weighted by molar-refractivity contribution is 5.89. The summed E-state index contributed by atoms with van der Waals surface area (Å²) in [6.45, 7) is 0. The summed E-state index contributed by atoms with van der Waals surface area (Å²) in [7, 11) is 1.26. The largest absolute Gasteiger partial charge is 0.508 e. The third-order valence-corrected chi connectivity index (χ3v) is 2.66. The zero-order chi connectivity index (χ0) is 17.0. The molecular formula is C13H12F3N5O2. The standard InChI is InChI=1S/C13H12F3N5O2/c1-17-12(23)21-10-9(13(14,15)16)6-18-11(20-10)19-7-3-2-4-8(22)5-7/h2-6,22H,1H3,(H3,17,18,19,20,21,23). The number of hydrogen-bond acceptors (Lipinski definition) is 5. The van der Waals surface area contributed by atoms with E-state index < -0.39 is 23.6 Å². The predicted molar refractivity (Wildman–Crippen MR) is 76.5 cm³/mol. The van der Waals surface area contributed by atoms with E-state index in [9.17, 15) is 23.1 Å². The van der Waals surface area contributed by atoms with Gasteiger partial charge in [-0.05, 0) is 12.1 Å². The van der Waals surface area contributed by atoms with Crippen LogP contribution in [0.5, 0.6) is 5.75 Å². The van der Waals surface area contributed by atoms with Crippen LogP contribution in [0.15, 0.2) is 30.5 Å². The molecule has 0 spiro atoms. The average molecular weight is 327 g/mol. The molecule has 0 fully saturated rings. The minimum atomic E-state index is -4.72. The van der Waals surface area contributed by atoms with Crippen molar-refractivity contribution in [2.45, 2.75) is 6.18 Å². The highest BCUT2D eigenvalue weighted by Crippen LogP contribution is 2.34. The van der Waals surface area contributed by atoms with Crippen LogP contribution in [-0.2, 0) is 6.18 Å². The number of nitrogens with one attached hydrogen (secondary N) is 3. The Morgan fingerprint density at radius 3 is 2.65 bits per heavy atom. The van der Waals surface area contributed by atoms with E-state index in [0.29, 0.717) is 11.9 Å². The maximum atomic E-state index is 12.9. The van der Waals surface area contributed by atoms with Crippen molar-refractivity contribution < 1.29 is 23.1 Å². The first-order chi connectivity index (χ1) is 10.8. The summed E-state index contributed by atoms with van der Waals surface area (Å²) in [6, 6.07) is 5.01. The van der Waals surface area contributed by atoms with Crippen molar-refractivity contribution in [1.29, 1.82) is 0 Å². The number of halogens is 3. The van der Waals surface area contributed by atoms with Gasteiger partial charge in [0.1, 0.15) is 11.3 Å². The van der Waals surface area contributed by atoms with Crippen LogP contribution >= 0.6 is 0 Å². The molecule has 0 bridgehead atoms. The molecule has 0 atom stereocenters. The highest BCUT2D eigenvalue weighted by atomic mass is 19.4. The van der Waals surface area contributed by atoms with Gasteiger partial charge in [0, 0.05) is 25.0 Å². The number of anilines is 3. The summed E-state index contributed by atoms with van der Waals surface area (Å²) >= 11 is 0. The molecule has 0 aliphatic rings. The van der Waals surface area contributed by atoms with Crippen LogP contribution in [0.25, 0.3) is 0 Å². The maximum absolute atomic E-state index is 12.9. The van der Waals surface area contributed by atoms with Gasteiger partial charge in [-0.15, -0.1) is 0 Å². The normalized spacial score (nSPS) is 11.0. The molecule has 0 radical (unpaired) electrons. The van der Waals surface area contributed by atoms with Crippen LogP contribution in [0.4, 0.5) is 35.4 Å². The summed E-state index contributed by atoms with van der Waals surface area (Å²) in [6.07, 6.45) is -4.16. The third-order valence-electron chi connectivity index (χ3n) is 2.66. The van der Waals surface area contributed by atoms with E-state index in [1.165, 1.54) is 25.2 Å². The molecule has 10 heteroatoms. The van der Waals surface area contributed by atoms with Gasteiger partial charge in [-0.25, -0.2) is 9.78 Å². The van der Waals surface area contributed by atoms with E-state index in [-0.39, 0.29) is 11.7 Å². The van der Waals surface area contributed by atoms with Gasteiger partial charge in [0.25, 0.3) is 0 Å². The second kappa shape index (κ2) is 6.38. The van der Waals surface area contributed by atoms with Crippen molar-refractivity contribution in [3.63, 3.8) is 0 Å². The second-order valence-corrected chi connectivity index (χ2v) is 4.33. The highest BCUT2D eigenvalue weighted by Gasteiger charge is 2.35. The number of urea groups is 1. The van der Waals surface area contributed by atoms with E-state index >= 15 is 0 Å². The van der Waals surface area contributed by atoms with Crippen molar-refractivity contribution in [3.05, 3.63) is 36.0 Å². The molecule has 2 amide bonds. The summed E-state index contributed by atoms with van der Waals surface area (Å²) in [5, 5.41) is 16.1. The van der Waals surface area contributed by atoms with Gasteiger partial charge < -0.3 is 15.7 Å². The number of benzene rings is 1. The Balaban J connectivity index is 2.35. The number of carbonyl (C=O) groups is 1. The van der Waals surface area contributed by atoms with Crippen LogP contribution in [0, 0.1) is 0 Å². The lowest BCUT2D eigenvalue weighted by molar-refractivity contribution is -0.137. The van der Waals surface area contributed by atoms with E-state index in [0.717, 1.165) is 0 Å². The van der Waals surface area contributed by atoms with Crippen molar-refractivity contribution >= 4 is 23.5 Å². The van der Waals surface area contributed by atoms with Crippen molar-refractivity contribution in [1.82, 2.24) is 15.3 Å². The topological polar surface area (TPSA) is 99.2 Å². The van der Waals surface area contributed by atoms with Gasteiger partial charge in [-0.1, -0.05) is 6.07 Å². The van der Waals surface area contributed by atoms with Crippen LogP contribution in [0.1, 0.15) is 5.56 Å². The minimum absolute atomic E-state index is 0.0365. The Morgan fingerprint density at radius 2 is 2.04 bits per heavy atom. The van der Waals surface area contributed by atoms with E-state index in [1.54, 1.807) is 6.07 Å². The molecule has 122 valence electrons. The molecule has 1 heterocycles. The lowest BCUT2D eigenvalue weighted by Crippen LogP contribution is -2.27. The summed E-state index contributed by atoms with van der Waals surface area (Å²) in [4.78, 5) is 18.5. The molecule has 7 nitrogen and oxygen atoms in total. The van der Waals surface area contributed by atoms with E-state index in [4.69, 9.17) is 0 Å². The molecule has 1 aromatic heterocycles. The predicted octanol–water partition coefficient (Wildman–Crippen LogP) is 2.70. The van der Waals surface area contributed by atoms with Crippen LogP contribution in [0.3, 0.4) is 0 Å². The molecular weight excluding hydrogens is 315 g/mol. The van der Waals surface area contributed by atoms with Crippen molar-refractivity contribution in [2.24, 2.45) is 0 Å². The molecule has 0 aliphatic heterocycles. The summed E-state index contributed by atoms with van der Waals surface area (Å²) in [5.41, 5.74) is -0.807. The fourth-order valence-electron chi connectivity index (χ4n) is 1.63. The first-order valence-electron chi connectivity index (χ1n) is 6.28. The Kier molecular flexibility index (Phi) is 4.53. The van der Waals surface area contributed by atoms with Crippen molar-refractivity contribution in [3.8, 4) is 5.75 Å². The Morgan fingerprint density at radius 1 is 1.30 bits per heavy atom. The maximum Gasteiger partial charge on any atom is 0.421 e. The molecule has 0 aliphatic carbocycles. The van der Waals surface area contributed by atoms with Gasteiger partial charge in [0.05, 0.1) is 0 Å². The van der Waals surface area contributed by atoms with Gasteiger partial charge in [-0.3, -0.25) is 5.32 Å². The third kappa shape index (κ3) is 4.22. The van der Waals surface area contributed by atoms with Gasteiger partial charge in [0.2, 0.25) is 5.95 Å². The SMILES string of the molecule is CNC(=O)Nc1nc(Nc2cccc(O)c2)ncc1C(F)(F)F. The number of alkyl halides is 3. The van der Waals surface area contributed by atoms with Crippen LogP contribution in [-0.4, -0.2) is 28.2 Å². The molecule has 1 aromatic carbocycles. The Bertz CT molecular complexity index is 721. The van der Waals surface area contributed by atoms with Crippen LogP contribution < -0.4 is 16.0 Å². The molecule has 0 unspecified atom stereocenters. The van der Waals surface area contributed by atoms with E-state index in [1.807, 2.05) is 5.32 Å². The fourth-order valence-corrected chi connectivity index (χ4v) is 1.63. The zero-order valence-corrected chi connectivity index (χ0v) is 11.8. The summed E-state index contributed by atoms with van der Waals surface area (Å²) < 4.78 is 38.7. The first-order valence-corrected chi connectivity index (χ1v) is 6.28. The first kappa shape index (κ1) is 16.3. The van der Waals surface area contributed by atoms with Crippen LogP contribution in [0.2, 0.25) is 0 Å². The number of phenols is 1. The van der Waals surface area contributed by atoms with Gasteiger partial charge in [-0.2, -0.15) is 18.2 Å². The number of carbonyl (C=O) groups excluding carboxylic acids is 1. The number of aromatic hydroxyl groups is 1. The van der Waals surface area contributed by atoms with Gasteiger partial charge >= 0.3 is 12.2 Å². The molecule has 23 heavy (non-hydrogen) atoms. The second-order valence-electron chi connectivity index (χ2n) is 4.33.